The third kappa shape index (κ3) is 4.18. The lowest BCUT2D eigenvalue weighted by molar-refractivity contribution is -0.0596. The molecule has 6 rings (SSSR count). The number of hydrogen-bond donors (Lipinski definition) is 3. The van der Waals surface area contributed by atoms with Crippen LogP contribution in [-0.2, 0) is 14.3 Å². The summed E-state index contributed by atoms with van der Waals surface area (Å²) >= 11 is 0. The Bertz CT molecular complexity index is 1920. The SMILES string of the molecule is O=C1c2c3nc(c(c4ccc(cc5nc(cc6ccc2[nH]6)C=C5)[nH]4)C(=O)C(OS(=O)(=O)C(F)(F)F)C1O)C=C3. The molecule has 3 aromatic rings. The maximum Gasteiger partial charge on any atom is 0.523 e. The van der Waals surface area contributed by atoms with Crippen LogP contribution in [0.5, 0.6) is 0 Å². The summed E-state index contributed by atoms with van der Waals surface area (Å²) in [5.41, 5.74) is -4.49. The minimum absolute atomic E-state index is 0.00811. The molecular weight excluding hydrogens is 541 g/mol. The maximum atomic E-state index is 13.7. The molecule has 6 heterocycles. The molecule has 0 saturated heterocycles. The van der Waals surface area contributed by atoms with Crippen LogP contribution >= 0.6 is 0 Å². The van der Waals surface area contributed by atoms with Gasteiger partial charge in [0.25, 0.3) is 0 Å². The van der Waals surface area contributed by atoms with Crippen molar-refractivity contribution in [3.05, 3.63) is 70.3 Å². The highest BCUT2D eigenvalue weighted by Gasteiger charge is 2.52. The average Bonchev–Trinajstić information content (AvgIpc) is 3.66. The number of carbonyl (C=O) groups excluding carboxylic acids is 2. The van der Waals surface area contributed by atoms with Crippen LogP contribution in [-0.4, -0.2) is 62.7 Å². The predicted octanol–water partition coefficient (Wildman–Crippen LogP) is 3.63. The fourth-order valence-corrected chi connectivity index (χ4v) is 5.03. The molecule has 0 aliphatic carbocycles. The highest BCUT2D eigenvalue weighted by Crippen LogP contribution is 2.32. The number of aliphatic hydroxyl groups excluding tert-OH is 1. The van der Waals surface area contributed by atoms with E-state index < -0.39 is 39.4 Å². The van der Waals surface area contributed by atoms with Gasteiger partial charge in [-0.25, -0.2) is 14.2 Å². The Kier molecular flexibility index (Phi) is 5.47. The Morgan fingerprint density at radius 3 is 1.82 bits per heavy atom. The number of fused-ring (bicyclic) bond motifs is 8. The van der Waals surface area contributed by atoms with Gasteiger partial charge in [0.05, 0.1) is 44.9 Å². The van der Waals surface area contributed by atoms with Crippen molar-refractivity contribution in [2.24, 2.45) is 0 Å². The first kappa shape index (κ1) is 24.9. The molecule has 0 amide bonds. The van der Waals surface area contributed by atoms with E-state index in [0.29, 0.717) is 22.4 Å². The number of hydrogen-bond acceptors (Lipinski definition) is 8. The number of nitrogens with one attached hydrogen (secondary N) is 2. The number of halogens is 3. The molecule has 10 bridgehead atoms. The Balaban J connectivity index is 1.74. The van der Waals surface area contributed by atoms with Gasteiger partial charge in [-0.1, -0.05) is 0 Å². The Morgan fingerprint density at radius 1 is 0.795 bits per heavy atom. The summed E-state index contributed by atoms with van der Waals surface area (Å²) in [5, 5.41) is 10.9. The highest BCUT2D eigenvalue weighted by atomic mass is 32.2. The molecule has 14 heteroatoms. The van der Waals surface area contributed by atoms with Gasteiger partial charge in [0.15, 0.2) is 18.0 Å². The normalized spacial score (nSPS) is 19.0. The van der Waals surface area contributed by atoms with Crippen LogP contribution in [0.25, 0.3) is 46.4 Å². The summed E-state index contributed by atoms with van der Waals surface area (Å²) in [6.45, 7) is 0. The molecule has 39 heavy (non-hydrogen) atoms. The highest BCUT2D eigenvalue weighted by molar-refractivity contribution is 7.87. The number of aromatic amines is 2. The van der Waals surface area contributed by atoms with Crippen LogP contribution in [0.3, 0.4) is 0 Å². The number of nitrogens with zero attached hydrogens (tertiary/aromatic N) is 2. The molecule has 0 spiro atoms. The van der Waals surface area contributed by atoms with E-state index in [1.807, 2.05) is 0 Å². The topological polar surface area (TPSA) is 155 Å². The Labute approximate surface area is 216 Å². The molecule has 3 aromatic heterocycles. The van der Waals surface area contributed by atoms with Crippen molar-refractivity contribution in [1.29, 1.82) is 0 Å². The van der Waals surface area contributed by atoms with Crippen molar-refractivity contribution >= 4 is 68.1 Å². The van der Waals surface area contributed by atoms with E-state index in [4.69, 9.17) is 0 Å². The largest absolute Gasteiger partial charge is 0.523 e. The lowest BCUT2D eigenvalue weighted by Gasteiger charge is -2.22. The smallest absolute Gasteiger partial charge is 0.382 e. The van der Waals surface area contributed by atoms with Crippen molar-refractivity contribution in [2.75, 3.05) is 0 Å². The molecule has 0 fully saturated rings. The summed E-state index contributed by atoms with van der Waals surface area (Å²) in [7, 11) is -6.40. The fourth-order valence-electron chi connectivity index (χ4n) is 4.45. The number of aromatic nitrogens is 4. The second-order valence-corrected chi connectivity index (χ2v) is 10.4. The molecule has 0 saturated carbocycles. The van der Waals surface area contributed by atoms with E-state index in [1.54, 1.807) is 36.4 Å². The van der Waals surface area contributed by atoms with E-state index in [0.717, 1.165) is 0 Å². The molecule has 0 aromatic carbocycles. The molecule has 10 nitrogen and oxygen atoms in total. The van der Waals surface area contributed by atoms with Crippen LogP contribution in [0.1, 0.15) is 43.5 Å². The number of alkyl halides is 3. The number of aliphatic hydroxyl groups is 1. The summed E-state index contributed by atoms with van der Waals surface area (Å²) < 4.78 is 67.8. The van der Waals surface area contributed by atoms with E-state index in [9.17, 15) is 36.3 Å². The van der Waals surface area contributed by atoms with E-state index in [-0.39, 0.29) is 33.5 Å². The van der Waals surface area contributed by atoms with Crippen LogP contribution in [0.15, 0.2) is 36.4 Å². The van der Waals surface area contributed by atoms with Crippen molar-refractivity contribution in [2.45, 2.75) is 17.7 Å². The van der Waals surface area contributed by atoms with Gasteiger partial charge < -0.3 is 15.1 Å². The van der Waals surface area contributed by atoms with Gasteiger partial charge in [0, 0.05) is 11.0 Å². The number of carbonyl (C=O) groups is 2. The fraction of sp³-hybridized carbons (Fsp3) is 0.120. The first-order valence-electron chi connectivity index (χ1n) is 11.3. The molecule has 2 unspecified atom stereocenters. The van der Waals surface area contributed by atoms with Crippen LogP contribution in [0, 0.1) is 0 Å². The lowest BCUT2D eigenvalue weighted by Crippen LogP contribution is -2.45. The molecule has 0 radical (unpaired) electrons. The summed E-state index contributed by atoms with van der Waals surface area (Å²) in [5.74, 6) is -2.68. The molecule has 3 N–H and O–H groups in total. The summed E-state index contributed by atoms with van der Waals surface area (Å²) in [6, 6.07) is 9.35. The van der Waals surface area contributed by atoms with Gasteiger partial charge in [-0.2, -0.15) is 21.6 Å². The Hall–Kier alpha value is -4.40. The minimum Gasteiger partial charge on any atom is -0.382 e. The van der Waals surface area contributed by atoms with Gasteiger partial charge in [0.2, 0.25) is 5.78 Å². The second kappa shape index (κ2) is 8.56. The van der Waals surface area contributed by atoms with E-state index >= 15 is 0 Å². The zero-order valence-electron chi connectivity index (χ0n) is 19.4. The third-order valence-electron chi connectivity index (χ3n) is 6.22. The van der Waals surface area contributed by atoms with Crippen LogP contribution in [0.4, 0.5) is 13.2 Å². The quantitative estimate of drug-likeness (QED) is 0.220. The van der Waals surface area contributed by atoms with E-state index in [1.165, 1.54) is 24.3 Å². The molecule has 198 valence electrons. The number of rotatable bonds is 2. The van der Waals surface area contributed by atoms with Gasteiger partial charge >= 0.3 is 15.6 Å². The zero-order valence-corrected chi connectivity index (χ0v) is 20.2. The predicted molar refractivity (Wildman–Crippen MR) is 133 cm³/mol. The van der Waals surface area contributed by atoms with Crippen molar-refractivity contribution < 1.29 is 40.5 Å². The van der Waals surface area contributed by atoms with Gasteiger partial charge in [0.1, 0.15) is 0 Å². The van der Waals surface area contributed by atoms with Crippen molar-refractivity contribution in [3.63, 3.8) is 0 Å². The maximum absolute atomic E-state index is 13.7. The zero-order chi connectivity index (χ0) is 27.7. The monoisotopic (exact) mass is 556 g/mol. The first-order valence-corrected chi connectivity index (χ1v) is 12.7. The molecule has 2 atom stereocenters. The van der Waals surface area contributed by atoms with Crippen LogP contribution in [0.2, 0.25) is 0 Å². The third-order valence-corrected chi connectivity index (χ3v) is 7.25. The summed E-state index contributed by atoms with van der Waals surface area (Å²) in [4.78, 5) is 41.9. The lowest BCUT2D eigenvalue weighted by atomic mass is 9.94. The van der Waals surface area contributed by atoms with E-state index in [2.05, 4.69) is 24.1 Å². The molecular formula is C25H15F3N4O6S. The van der Waals surface area contributed by atoms with Gasteiger partial charge in [-0.3, -0.25) is 9.59 Å². The second-order valence-electron chi connectivity index (χ2n) is 8.79. The van der Waals surface area contributed by atoms with Crippen molar-refractivity contribution in [1.82, 2.24) is 19.9 Å². The molecule has 3 aliphatic rings. The molecule has 3 aliphatic heterocycles. The van der Waals surface area contributed by atoms with Crippen LogP contribution < -0.4 is 0 Å². The number of Topliss-reactive ketones (excluding diaryl/α,β-unsaturated/α-hetero) is 2. The standard InChI is InChI=1S/C25H15F3N4O6S/c26-25(27,28)39(36,37)38-24-22(34)20-16-6-4-14(31-16)10-12-2-1-11(29-12)9-13-3-5-15(30-13)19(21(33)23(24)35)17-7-8-18(20)32-17/h1-10,23-24,30-31,35H. The number of H-pyrrole nitrogens is 2. The Morgan fingerprint density at radius 2 is 1.31 bits per heavy atom. The van der Waals surface area contributed by atoms with Gasteiger partial charge in [-0.15, -0.1) is 0 Å². The van der Waals surface area contributed by atoms with Crippen molar-refractivity contribution in [3.8, 4) is 0 Å². The average molecular weight is 556 g/mol. The minimum atomic E-state index is -6.40. The van der Waals surface area contributed by atoms with Gasteiger partial charge in [-0.05, 0) is 60.7 Å². The summed E-state index contributed by atoms with van der Waals surface area (Å²) in [6.07, 6.45) is 0.844. The number of ketones is 2. The first-order chi connectivity index (χ1) is 18.4.